The van der Waals surface area contributed by atoms with E-state index in [0.717, 1.165) is 0 Å². The first-order valence-corrected chi connectivity index (χ1v) is 4.13. The molecular formula is C10H13FO2. The molecule has 0 amide bonds. The number of halogens is 1. The highest BCUT2D eigenvalue weighted by atomic mass is 19.1. The highest BCUT2D eigenvalue weighted by Crippen LogP contribution is 2.28. The van der Waals surface area contributed by atoms with E-state index >= 15 is 0 Å². The molecule has 0 saturated heterocycles. The third-order valence-electron chi connectivity index (χ3n) is 1.49. The van der Waals surface area contributed by atoms with Crippen molar-refractivity contribution in [3.8, 4) is 11.5 Å². The topological polar surface area (TPSA) is 18.5 Å². The van der Waals surface area contributed by atoms with Gasteiger partial charge in [0.1, 0.15) is 5.82 Å². The minimum absolute atomic E-state index is 0.00991. The van der Waals surface area contributed by atoms with Crippen LogP contribution in [-0.4, -0.2) is 13.2 Å². The lowest BCUT2D eigenvalue weighted by Crippen LogP contribution is -2.06. The Morgan fingerprint density at radius 2 is 1.92 bits per heavy atom. The molecule has 1 rings (SSSR count). The van der Waals surface area contributed by atoms with Crippen molar-refractivity contribution in [2.45, 2.75) is 20.0 Å². The first-order valence-electron chi connectivity index (χ1n) is 4.13. The van der Waals surface area contributed by atoms with E-state index in [0.29, 0.717) is 11.5 Å². The van der Waals surface area contributed by atoms with Crippen LogP contribution in [-0.2, 0) is 0 Å². The molecule has 0 aliphatic rings. The molecule has 0 heterocycles. The van der Waals surface area contributed by atoms with Crippen LogP contribution in [0.1, 0.15) is 13.8 Å². The standard InChI is InChI=1S/C10H13FO2/c1-7(2)13-10-6-8(11)4-5-9(10)12-3/h4-7H,1-3H3. The Hall–Kier alpha value is -1.25. The van der Waals surface area contributed by atoms with E-state index < -0.39 is 0 Å². The zero-order chi connectivity index (χ0) is 9.84. The van der Waals surface area contributed by atoms with Gasteiger partial charge in [0.25, 0.3) is 0 Å². The fourth-order valence-electron chi connectivity index (χ4n) is 0.997. The smallest absolute Gasteiger partial charge is 0.164 e. The lowest BCUT2D eigenvalue weighted by Gasteiger charge is -2.12. The third-order valence-corrected chi connectivity index (χ3v) is 1.49. The molecule has 1 aromatic carbocycles. The van der Waals surface area contributed by atoms with Crippen LogP contribution in [0.5, 0.6) is 11.5 Å². The van der Waals surface area contributed by atoms with Gasteiger partial charge in [0.15, 0.2) is 11.5 Å². The summed E-state index contributed by atoms with van der Waals surface area (Å²) in [7, 11) is 1.53. The van der Waals surface area contributed by atoms with Gasteiger partial charge >= 0.3 is 0 Å². The van der Waals surface area contributed by atoms with Crippen molar-refractivity contribution in [2.75, 3.05) is 7.11 Å². The highest BCUT2D eigenvalue weighted by molar-refractivity contribution is 5.40. The van der Waals surface area contributed by atoms with Gasteiger partial charge in [-0.25, -0.2) is 4.39 Å². The van der Waals surface area contributed by atoms with Crippen molar-refractivity contribution < 1.29 is 13.9 Å². The number of rotatable bonds is 3. The van der Waals surface area contributed by atoms with E-state index in [-0.39, 0.29) is 11.9 Å². The van der Waals surface area contributed by atoms with Crippen LogP contribution < -0.4 is 9.47 Å². The van der Waals surface area contributed by atoms with Gasteiger partial charge in [-0.1, -0.05) is 0 Å². The number of benzene rings is 1. The summed E-state index contributed by atoms with van der Waals surface area (Å²) < 4.78 is 23.2. The normalized spacial score (nSPS) is 10.2. The van der Waals surface area contributed by atoms with Crippen molar-refractivity contribution in [2.24, 2.45) is 0 Å². The summed E-state index contributed by atoms with van der Waals surface area (Å²) in [4.78, 5) is 0. The molecule has 0 saturated carbocycles. The monoisotopic (exact) mass is 184 g/mol. The molecule has 2 nitrogen and oxygen atoms in total. The molecule has 0 aromatic heterocycles. The summed E-state index contributed by atoms with van der Waals surface area (Å²) in [6.45, 7) is 3.76. The maximum absolute atomic E-state index is 12.8. The zero-order valence-electron chi connectivity index (χ0n) is 8.00. The quantitative estimate of drug-likeness (QED) is 0.718. The van der Waals surface area contributed by atoms with Gasteiger partial charge in [-0.2, -0.15) is 0 Å². The van der Waals surface area contributed by atoms with Crippen molar-refractivity contribution in [3.05, 3.63) is 24.0 Å². The van der Waals surface area contributed by atoms with Crippen LogP contribution in [0.3, 0.4) is 0 Å². The van der Waals surface area contributed by atoms with Crippen molar-refractivity contribution >= 4 is 0 Å². The largest absolute Gasteiger partial charge is 0.493 e. The molecule has 0 bridgehead atoms. The molecular weight excluding hydrogens is 171 g/mol. The average molecular weight is 184 g/mol. The Balaban J connectivity index is 2.94. The fourth-order valence-corrected chi connectivity index (χ4v) is 0.997. The first kappa shape index (κ1) is 9.84. The Bertz CT molecular complexity index is 284. The fraction of sp³-hybridized carbons (Fsp3) is 0.400. The SMILES string of the molecule is COc1ccc(F)cc1OC(C)C. The molecule has 0 unspecified atom stereocenters. The molecule has 0 aliphatic heterocycles. The van der Waals surface area contributed by atoms with Gasteiger partial charge in [-0.05, 0) is 26.0 Å². The maximum atomic E-state index is 12.8. The van der Waals surface area contributed by atoms with Crippen molar-refractivity contribution in [1.29, 1.82) is 0 Å². The Kier molecular flexibility index (Phi) is 3.12. The van der Waals surface area contributed by atoms with Crippen LogP contribution in [0.4, 0.5) is 4.39 Å². The minimum atomic E-state index is -0.323. The van der Waals surface area contributed by atoms with Gasteiger partial charge in [0, 0.05) is 6.07 Å². The zero-order valence-corrected chi connectivity index (χ0v) is 8.00. The molecule has 0 N–H and O–H groups in total. The van der Waals surface area contributed by atoms with Crippen LogP contribution in [0, 0.1) is 5.82 Å². The Labute approximate surface area is 77.3 Å². The van der Waals surface area contributed by atoms with Crippen LogP contribution in [0.2, 0.25) is 0 Å². The summed E-state index contributed by atoms with van der Waals surface area (Å²) in [5.41, 5.74) is 0. The summed E-state index contributed by atoms with van der Waals surface area (Å²) >= 11 is 0. The highest BCUT2D eigenvalue weighted by Gasteiger charge is 2.06. The number of methoxy groups -OCH3 is 1. The second-order valence-corrected chi connectivity index (χ2v) is 2.96. The molecule has 3 heteroatoms. The van der Waals surface area contributed by atoms with E-state index in [9.17, 15) is 4.39 Å². The second kappa shape index (κ2) is 4.12. The van der Waals surface area contributed by atoms with Crippen LogP contribution in [0.25, 0.3) is 0 Å². The molecule has 13 heavy (non-hydrogen) atoms. The molecule has 0 radical (unpaired) electrons. The lowest BCUT2D eigenvalue weighted by molar-refractivity contribution is 0.229. The van der Waals surface area contributed by atoms with Crippen LogP contribution in [0.15, 0.2) is 18.2 Å². The predicted octanol–water partition coefficient (Wildman–Crippen LogP) is 2.62. The second-order valence-electron chi connectivity index (χ2n) is 2.96. The Morgan fingerprint density at radius 3 is 2.46 bits per heavy atom. The predicted molar refractivity (Wildman–Crippen MR) is 48.7 cm³/mol. The van der Waals surface area contributed by atoms with E-state index in [1.165, 1.54) is 19.2 Å². The van der Waals surface area contributed by atoms with E-state index in [4.69, 9.17) is 9.47 Å². The van der Waals surface area contributed by atoms with Crippen molar-refractivity contribution in [3.63, 3.8) is 0 Å². The van der Waals surface area contributed by atoms with Gasteiger partial charge in [-0.3, -0.25) is 0 Å². The maximum Gasteiger partial charge on any atom is 0.164 e. The van der Waals surface area contributed by atoms with Gasteiger partial charge in [0.05, 0.1) is 13.2 Å². The van der Waals surface area contributed by atoms with Gasteiger partial charge in [0.2, 0.25) is 0 Å². The summed E-state index contributed by atoms with van der Waals surface area (Å²) in [5.74, 6) is 0.670. The number of hydrogen-bond acceptors (Lipinski definition) is 2. The van der Waals surface area contributed by atoms with Gasteiger partial charge in [-0.15, -0.1) is 0 Å². The summed E-state index contributed by atoms with van der Waals surface area (Å²) in [6.07, 6.45) is 0.00991. The van der Waals surface area contributed by atoms with Crippen LogP contribution >= 0.6 is 0 Å². The molecule has 0 aliphatic carbocycles. The third kappa shape index (κ3) is 2.61. The molecule has 72 valence electrons. The van der Waals surface area contributed by atoms with Gasteiger partial charge < -0.3 is 9.47 Å². The number of ether oxygens (including phenoxy) is 2. The first-order chi connectivity index (χ1) is 6.13. The minimum Gasteiger partial charge on any atom is -0.493 e. The molecule has 0 spiro atoms. The van der Waals surface area contributed by atoms with Crippen molar-refractivity contribution in [1.82, 2.24) is 0 Å². The summed E-state index contributed by atoms with van der Waals surface area (Å²) in [6, 6.07) is 4.21. The Morgan fingerprint density at radius 1 is 1.23 bits per heavy atom. The molecule has 0 atom stereocenters. The van der Waals surface area contributed by atoms with E-state index in [1.807, 2.05) is 13.8 Å². The molecule has 1 aromatic rings. The lowest BCUT2D eigenvalue weighted by atomic mass is 10.3. The number of hydrogen-bond donors (Lipinski definition) is 0. The van der Waals surface area contributed by atoms with E-state index in [2.05, 4.69) is 0 Å². The summed E-state index contributed by atoms with van der Waals surface area (Å²) in [5, 5.41) is 0. The van der Waals surface area contributed by atoms with E-state index in [1.54, 1.807) is 6.07 Å². The average Bonchev–Trinajstić information content (AvgIpc) is 2.03. The molecule has 0 fully saturated rings.